The molecule has 0 aromatic heterocycles. The lowest BCUT2D eigenvalue weighted by atomic mass is 10.0. The van der Waals surface area contributed by atoms with Crippen molar-refractivity contribution in [2.75, 3.05) is 19.7 Å². The van der Waals surface area contributed by atoms with Crippen molar-refractivity contribution in [1.29, 1.82) is 0 Å². The lowest BCUT2D eigenvalue weighted by molar-refractivity contribution is -0.125. The number of piperidine rings is 1. The topological polar surface area (TPSA) is 58.6 Å². The van der Waals surface area contributed by atoms with Crippen LogP contribution in [0.5, 0.6) is 0 Å². The Morgan fingerprint density at radius 3 is 2.37 bits per heavy atom. The Morgan fingerprint density at radius 1 is 1.16 bits per heavy atom. The molecule has 1 aliphatic carbocycles. The lowest BCUT2D eigenvalue weighted by Crippen LogP contribution is -2.47. The molecule has 108 valence electrons. The molecule has 0 radical (unpaired) electrons. The van der Waals surface area contributed by atoms with Gasteiger partial charge in [0.05, 0.1) is 6.61 Å². The molecule has 1 saturated heterocycles. The van der Waals surface area contributed by atoms with Gasteiger partial charge in [-0.25, -0.2) is 4.79 Å². The summed E-state index contributed by atoms with van der Waals surface area (Å²) in [4.78, 5) is 25.3. The molecule has 5 nitrogen and oxygen atoms in total. The van der Waals surface area contributed by atoms with E-state index >= 15 is 0 Å². The van der Waals surface area contributed by atoms with Gasteiger partial charge in [0.25, 0.3) is 0 Å². The summed E-state index contributed by atoms with van der Waals surface area (Å²) in [7, 11) is 0. The number of likely N-dealkylation sites (tertiary alicyclic amines) is 1. The third kappa shape index (κ3) is 3.85. The summed E-state index contributed by atoms with van der Waals surface area (Å²) in [6, 6.07) is 0.221. The van der Waals surface area contributed by atoms with E-state index in [-0.39, 0.29) is 24.0 Å². The van der Waals surface area contributed by atoms with Crippen LogP contribution in [0.4, 0.5) is 4.79 Å². The number of nitrogens with zero attached hydrogens (tertiary/aromatic N) is 1. The summed E-state index contributed by atoms with van der Waals surface area (Å²) in [6.45, 7) is 3.58. The zero-order chi connectivity index (χ0) is 13.7. The van der Waals surface area contributed by atoms with E-state index in [9.17, 15) is 9.59 Å². The zero-order valence-electron chi connectivity index (χ0n) is 11.7. The number of carbonyl (C=O) groups excluding carboxylic acids is 2. The normalized spacial score (nSPS) is 21.4. The average Bonchev–Trinajstić information content (AvgIpc) is 2.94. The highest BCUT2D eigenvalue weighted by atomic mass is 16.6. The van der Waals surface area contributed by atoms with Crippen molar-refractivity contribution in [3.63, 3.8) is 0 Å². The molecular weight excluding hydrogens is 244 g/mol. The Bertz CT molecular complexity index is 319. The van der Waals surface area contributed by atoms with E-state index in [1.165, 1.54) is 12.8 Å². The molecule has 2 fully saturated rings. The van der Waals surface area contributed by atoms with Gasteiger partial charge in [0.2, 0.25) is 5.91 Å². The maximum atomic E-state index is 12.0. The van der Waals surface area contributed by atoms with Crippen LogP contribution in [-0.4, -0.2) is 42.6 Å². The number of nitrogens with one attached hydrogen (secondary N) is 1. The molecule has 2 aliphatic rings. The van der Waals surface area contributed by atoms with Gasteiger partial charge in [-0.15, -0.1) is 0 Å². The summed E-state index contributed by atoms with van der Waals surface area (Å²) in [5.41, 5.74) is 0. The smallest absolute Gasteiger partial charge is 0.409 e. The highest BCUT2D eigenvalue weighted by Gasteiger charge is 2.28. The van der Waals surface area contributed by atoms with Crippen LogP contribution in [0, 0.1) is 5.92 Å². The monoisotopic (exact) mass is 268 g/mol. The van der Waals surface area contributed by atoms with Gasteiger partial charge < -0.3 is 15.0 Å². The van der Waals surface area contributed by atoms with E-state index < -0.39 is 0 Å². The number of rotatable bonds is 3. The molecule has 5 heteroatoms. The van der Waals surface area contributed by atoms with E-state index in [0.717, 1.165) is 25.7 Å². The van der Waals surface area contributed by atoms with Crippen LogP contribution in [0.25, 0.3) is 0 Å². The molecule has 0 unspecified atom stereocenters. The summed E-state index contributed by atoms with van der Waals surface area (Å²) in [5.74, 6) is 0.440. The minimum atomic E-state index is -0.233. The predicted molar refractivity (Wildman–Crippen MR) is 71.7 cm³/mol. The van der Waals surface area contributed by atoms with E-state index in [2.05, 4.69) is 5.32 Å². The molecule has 1 saturated carbocycles. The summed E-state index contributed by atoms with van der Waals surface area (Å²) in [6.07, 6.45) is 5.86. The van der Waals surface area contributed by atoms with Gasteiger partial charge in [-0.2, -0.15) is 0 Å². The molecular formula is C14H24N2O3. The largest absolute Gasteiger partial charge is 0.450 e. The molecule has 19 heavy (non-hydrogen) atoms. The first-order valence-corrected chi connectivity index (χ1v) is 7.42. The summed E-state index contributed by atoms with van der Waals surface area (Å²) < 4.78 is 4.98. The molecule has 0 atom stereocenters. The zero-order valence-corrected chi connectivity index (χ0v) is 11.7. The van der Waals surface area contributed by atoms with Gasteiger partial charge in [-0.3, -0.25) is 4.79 Å². The highest BCUT2D eigenvalue weighted by molar-refractivity contribution is 5.79. The quantitative estimate of drug-likeness (QED) is 0.850. The highest BCUT2D eigenvalue weighted by Crippen LogP contribution is 2.25. The molecule has 2 amide bonds. The summed E-state index contributed by atoms with van der Waals surface area (Å²) >= 11 is 0. The van der Waals surface area contributed by atoms with Gasteiger partial charge >= 0.3 is 6.09 Å². The SMILES string of the molecule is CCOC(=O)N1CCC(NC(=O)C2CCCC2)CC1. The van der Waals surface area contributed by atoms with Crippen LogP contribution < -0.4 is 5.32 Å². The van der Waals surface area contributed by atoms with Gasteiger partial charge in [-0.1, -0.05) is 12.8 Å². The average molecular weight is 268 g/mol. The van der Waals surface area contributed by atoms with Gasteiger partial charge in [0, 0.05) is 25.0 Å². The van der Waals surface area contributed by atoms with Crippen molar-refractivity contribution in [2.24, 2.45) is 5.92 Å². The Hall–Kier alpha value is -1.26. The Morgan fingerprint density at radius 2 is 1.79 bits per heavy atom. The van der Waals surface area contributed by atoms with Gasteiger partial charge in [-0.05, 0) is 32.6 Å². The van der Waals surface area contributed by atoms with Crippen LogP contribution in [0.15, 0.2) is 0 Å². The number of hydrogen-bond donors (Lipinski definition) is 1. The third-order valence-electron chi connectivity index (χ3n) is 4.09. The third-order valence-corrected chi connectivity index (χ3v) is 4.09. The van der Waals surface area contributed by atoms with Crippen molar-refractivity contribution in [1.82, 2.24) is 10.2 Å². The molecule has 2 rings (SSSR count). The number of carbonyl (C=O) groups is 2. The fourth-order valence-corrected chi connectivity index (χ4v) is 2.93. The second-order valence-electron chi connectivity index (χ2n) is 5.45. The maximum absolute atomic E-state index is 12.0. The second kappa shape index (κ2) is 6.78. The number of amides is 2. The van der Waals surface area contributed by atoms with Crippen molar-refractivity contribution >= 4 is 12.0 Å². The van der Waals surface area contributed by atoms with Crippen LogP contribution in [0.2, 0.25) is 0 Å². The minimum Gasteiger partial charge on any atom is -0.450 e. The van der Waals surface area contributed by atoms with Crippen molar-refractivity contribution in [3.8, 4) is 0 Å². The molecule has 1 heterocycles. The molecule has 0 bridgehead atoms. The van der Waals surface area contributed by atoms with E-state index in [4.69, 9.17) is 4.74 Å². The minimum absolute atomic E-state index is 0.215. The fourth-order valence-electron chi connectivity index (χ4n) is 2.93. The number of ether oxygens (including phenoxy) is 1. The number of hydrogen-bond acceptors (Lipinski definition) is 3. The first kappa shape index (κ1) is 14.2. The Balaban J connectivity index is 1.71. The molecule has 0 spiro atoms. The molecule has 1 N–H and O–H groups in total. The van der Waals surface area contributed by atoms with Crippen LogP contribution in [0.3, 0.4) is 0 Å². The van der Waals surface area contributed by atoms with E-state index in [0.29, 0.717) is 19.7 Å². The van der Waals surface area contributed by atoms with Crippen molar-refractivity contribution < 1.29 is 14.3 Å². The fraction of sp³-hybridized carbons (Fsp3) is 0.857. The predicted octanol–water partition coefficient (Wildman–Crippen LogP) is 1.91. The molecule has 1 aliphatic heterocycles. The van der Waals surface area contributed by atoms with E-state index in [1.54, 1.807) is 4.90 Å². The Labute approximate surface area is 114 Å². The maximum Gasteiger partial charge on any atom is 0.409 e. The standard InChI is InChI=1S/C14H24N2O3/c1-2-19-14(18)16-9-7-12(8-10-16)15-13(17)11-5-3-4-6-11/h11-12H,2-10H2,1H3,(H,15,17). The Kier molecular flexibility index (Phi) is 5.05. The van der Waals surface area contributed by atoms with Crippen LogP contribution >= 0.6 is 0 Å². The second-order valence-corrected chi connectivity index (χ2v) is 5.45. The first-order chi connectivity index (χ1) is 9.20. The molecule has 0 aromatic carbocycles. The first-order valence-electron chi connectivity index (χ1n) is 7.42. The van der Waals surface area contributed by atoms with Crippen molar-refractivity contribution in [2.45, 2.75) is 51.5 Å². The lowest BCUT2D eigenvalue weighted by Gasteiger charge is -2.32. The summed E-state index contributed by atoms with van der Waals surface area (Å²) in [5, 5.41) is 3.13. The van der Waals surface area contributed by atoms with E-state index in [1.807, 2.05) is 6.92 Å². The van der Waals surface area contributed by atoms with Crippen molar-refractivity contribution in [3.05, 3.63) is 0 Å². The van der Waals surface area contributed by atoms with Gasteiger partial charge in [0.15, 0.2) is 0 Å². The van der Waals surface area contributed by atoms with Gasteiger partial charge in [0.1, 0.15) is 0 Å². The molecule has 0 aromatic rings. The van der Waals surface area contributed by atoms with Crippen LogP contribution in [-0.2, 0) is 9.53 Å². The van der Waals surface area contributed by atoms with Crippen LogP contribution in [0.1, 0.15) is 45.4 Å².